The van der Waals surface area contributed by atoms with Gasteiger partial charge in [0, 0.05) is 59.6 Å². The van der Waals surface area contributed by atoms with Crippen LogP contribution in [-0.4, -0.2) is 24.9 Å². The van der Waals surface area contributed by atoms with Gasteiger partial charge in [-0.25, -0.2) is 15.0 Å². The monoisotopic (exact) mass is 378 g/mol. The topological polar surface area (TPSA) is 79.4 Å². The Morgan fingerprint density at radius 1 is 0.862 bits per heavy atom. The maximum absolute atomic E-state index is 4.70. The van der Waals surface area contributed by atoms with Crippen LogP contribution >= 0.6 is 0 Å². The Balaban J connectivity index is 1.47. The summed E-state index contributed by atoms with van der Waals surface area (Å²) in [5, 5.41) is 4.31. The van der Waals surface area contributed by atoms with Crippen LogP contribution in [0.5, 0.6) is 0 Å². The third-order valence-electron chi connectivity index (χ3n) is 4.75. The summed E-state index contributed by atoms with van der Waals surface area (Å²) < 4.78 is 0. The van der Waals surface area contributed by atoms with Gasteiger partial charge in [0.25, 0.3) is 0 Å². The molecule has 0 saturated carbocycles. The highest BCUT2D eigenvalue weighted by Gasteiger charge is 2.11. The largest absolute Gasteiger partial charge is 0.350 e. The Labute approximate surface area is 167 Å². The molecule has 4 aromatic heterocycles. The number of benzene rings is 1. The van der Waals surface area contributed by atoms with Crippen LogP contribution in [0.1, 0.15) is 5.56 Å². The van der Waals surface area contributed by atoms with Crippen molar-refractivity contribution in [3.8, 4) is 22.4 Å². The number of aromatic nitrogens is 5. The van der Waals surface area contributed by atoms with Gasteiger partial charge in [0.15, 0.2) is 0 Å². The molecule has 0 spiro atoms. The summed E-state index contributed by atoms with van der Waals surface area (Å²) >= 11 is 0. The summed E-state index contributed by atoms with van der Waals surface area (Å²) in [7, 11) is 0. The van der Waals surface area contributed by atoms with Crippen molar-refractivity contribution in [3.63, 3.8) is 0 Å². The molecule has 0 aliphatic rings. The highest BCUT2D eigenvalue weighted by atomic mass is 15.1. The Hall–Kier alpha value is -4.06. The van der Waals surface area contributed by atoms with Gasteiger partial charge in [-0.1, -0.05) is 36.4 Å². The lowest BCUT2D eigenvalue weighted by molar-refractivity contribution is 1.06. The number of hydrogen-bond donors (Lipinski definition) is 2. The number of anilines is 1. The van der Waals surface area contributed by atoms with Crippen LogP contribution in [0.15, 0.2) is 85.6 Å². The van der Waals surface area contributed by atoms with Crippen molar-refractivity contribution >= 4 is 17.0 Å². The van der Waals surface area contributed by atoms with Crippen molar-refractivity contribution in [3.05, 3.63) is 91.1 Å². The standard InChI is InChI=1S/C23H18N6/c1-2-5-16(6-3-1)12-28-23-25-10-8-21(29-23)20-15-27-22-19(20)11-18(14-26-22)17-7-4-9-24-13-17/h1-11,13-15H,12H2,(H,26,27)(H,25,28,29). The molecule has 140 valence electrons. The van der Waals surface area contributed by atoms with Gasteiger partial charge in [0.1, 0.15) is 5.65 Å². The van der Waals surface area contributed by atoms with E-state index in [1.807, 2.05) is 55.0 Å². The van der Waals surface area contributed by atoms with Gasteiger partial charge < -0.3 is 10.3 Å². The van der Waals surface area contributed by atoms with Crippen LogP contribution in [-0.2, 0) is 6.54 Å². The second kappa shape index (κ2) is 7.52. The molecule has 0 aliphatic carbocycles. The molecular weight excluding hydrogens is 360 g/mol. The SMILES string of the molecule is c1ccc(CNc2nccc(-c3c[nH]c4ncc(-c5cccnc5)cc34)n2)cc1. The molecule has 6 heteroatoms. The molecule has 0 atom stereocenters. The summed E-state index contributed by atoms with van der Waals surface area (Å²) in [5.41, 5.74) is 5.88. The summed E-state index contributed by atoms with van der Waals surface area (Å²) in [6, 6.07) is 18.2. The molecule has 0 bridgehead atoms. The van der Waals surface area contributed by atoms with Gasteiger partial charge in [-0.05, 0) is 23.8 Å². The maximum Gasteiger partial charge on any atom is 0.223 e. The fourth-order valence-electron chi connectivity index (χ4n) is 3.28. The van der Waals surface area contributed by atoms with Crippen molar-refractivity contribution in [1.29, 1.82) is 0 Å². The van der Waals surface area contributed by atoms with E-state index in [1.54, 1.807) is 12.4 Å². The molecule has 5 rings (SSSR count). The number of pyridine rings is 2. The van der Waals surface area contributed by atoms with Crippen molar-refractivity contribution in [1.82, 2.24) is 24.9 Å². The summed E-state index contributed by atoms with van der Waals surface area (Å²) in [6.45, 7) is 0.672. The van der Waals surface area contributed by atoms with E-state index in [0.29, 0.717) is 12.5 Å². The molecular formula is C23H18N6. The highest BCUT2D eigenvalue weighted by Crippen LogP contribution is 2.30. The summed E-state index contributed by atoms with van der Waals surface area (Å²) in [5.74, 6) is 0.595. The predicted octanol–water partition coefficient (Wildman–Crippen LogP) is 4.69. The molecule has 0 amide bonds. The fraction of sp³-hybridized carbons (Fsp3) is 0.0435. The van der Waals surface area contributed by atoms with E-state index in [4.69, 9.17) is 4.98 Å². The number of rotatable bonds is 5. The highest BCUT2D eigenvalue weighted by molar-refractivity contribution is 5.94. The minimum atomic E-state index is 0.595. The first kappa shape index (κ1) is 17.1. The smallest absolute Gasteiger partial charge is 0.223 e. The van der Waals surface area contributed by atoms with Crippen molar-refractivity contribution < 1.29 is 0 Å². The number of H-pyrrole nitrogens is 1. The molecule has 29 heavy (non-hydrogen) atoms. The van der Waals surface area contributed by atoms with Crippen LogP contribution in [0.2, 0.25) is 0 Å². The third-order valence-corrected chi connectivity index (χ3v) is 4.75. The van der Waals surface area contributed by atoms with Crippen LogP contribution in [0.3, 0.4) is 0 Å². The second-order valence-electron chi connectivity index (χ2n) is 6.67. The van der Waals surface area contributed by atoms with Gasteiger partial charge in [0.05, 0.1) is 5.69 Å². The first-order valence-electron chi connectivity index (χ1n) is 9.35. The Bertz CT molecular complexity index is 1250. The number of fused-ring (bicyclic) bond motifs is 1. The quantitative estimate of drug-likeness (QED) is 0.464. The zero-order valence-corrected chi connectivity index (χ0v) is 15.6. The van der Waals surface area contributed by atoms with Gasteiger partial charge in [-0.15, -0.1) is 0 Å². The molecule has 0 aliphatic heterocycles. The Morgan fingerprint density at radius 3 is 2.66 bits per heavy atom. The molecule has 5 aromatic rings. The van der Waals surface area contributed by atoms with E-state index < -0.39 is 0 Å². The minimum Gasteiger partial charge on any atom is -0.350 e. The number of aromatic amines is 1. The molecule has 0 fully saturated rings. The Kier molecular flexibility index (Phi) is 4.42. The van der Waals surface area contributed by atoms with E-state index >= 15 is 0 Å². The van der Waals surface area contributed by atoms with E-state index in [9.17, 15) is 0 Å². The molecule has 6 nitrogen and oxygen atoms in total. The van der Waals surface area contributed by atoms with E-state index in [1.165, 1.54) is 5.56 Å². The van der Waals surface area contributed by atoms with E-state index in [2.05, 4.69) is 43.5 Å². The van der Waals surface area contributed by atoms with Crippen LogP contribution in [0.4, 0.5) is 5.95 Å². The second-order valence-corrected chi connectivity index (χ2v) is 6.67. The summed E-state index contributed by atoms with van der Waals surface area (Å²) in [6.07, 6.45) is 9.17. The first-order valence-corrected chi connectivity index (χ1v) is 9.35. The molecule has 0 radical (unpaired) electrons. The molecule has 4 heterocycles. The van der Waals surface area contributed by atoms with Crippen molar-refractivity contribution in [2.75, 3.05) is 5.32 Å². The van der Waals surface area contributed by atoms with Crippen LogP contribution in [0, 0.1) is 0 Å². The maximum atomic E-state index is 4.70. The normalized spacial score (nSPS) is 10.9. The average Bonchev–Trinajstić information content (AvgIpc) is 3.22. The first-order chi connectivity index (χ1) is 14.4. The lowest BCUT2D eigenvalue weighted by Crippen LogP contribution is -2.03. The average molecular weight is 378 g/mol. The zero-order chi connectivity index (χ0) is 19.5. The van der Waals surface area contributed by atoms with Crippen LogP contribution < -0.4 is 5.32 Å². The molecule has 0 unspecified atom stereocenters. The third kappa shape index (κ3) is 3.55. The predicted molar refractivity (Wildman–Crippen MR) is 114 cm³/mol. The van der Waals surface area contributed by atoms with Crippen LogP contribution in [0.25, 0.3) is 33.4 Å². The zero-order valence-electron chi connectivity index (χ0n) is 15.6. The lowest BCUT2D eigenvalue weighted by Gasteiger charge is -2.07. The van der Waals surface area contributed by atoms with Crippen molar-refractivity contribution in [2.45, 2.75) is 6.54 Å². The van der Waals surface area contributed by atoms with Gasteiger partial charge in [-0.2, -0.15) is 0 Å². The van der Waals surface area contributed by atoms with E-state index in [0.717, 1.165) is 33.4 Å². The minimum absolute atomic E-state index is 0.595. The number of nitrogens with zero attached hydrogens (tertiary/aromatic N) is 4. The van der Waals surface area contributed by atoms with Gasteiger partial charge in [0.2, 0.25) is 5.95 Å². The summed E-state index contributed by atoms with van der Waals surface area (Å²) in [4.78, 5) is 21.1. The Morgan fingerprint density at radius 2 is 1.79 bits per heavy atom. The fourth-order valence-corrected chi connectivity index (χ4v) is 3.28. The van der Waals surface area contributed by atoms with Gasteiger partial charge in [-0.3, -0.25) is 4.98 Å². The van der Waals surface area contributed by atoms with Crippen molar-refractivity contribution in [2.24, 2.45) is 0 Å². The van der Waals surface area contributed by atoms with E-state index in [-0.39, 0.29) is 0 Å². The lowest BCUT2D eigenvalue weighted by atomic mass is 10.1. The number of nitrogens with one attached hydrogen (secondary N) is 2. The molecule has 0 saturated heterocycles. The number of hydrogen-bond acceptors (Lipinski definition) is 5. The molecule has 1 aromatic carbocycles. The molecule has 2 N–H and O–H groups in total. The van der Waals surface area contributed by atoms with Gasteiger partial charge >= 0.3 is 0 Å².